The van der Waals surface area contributed by atoms with Crippen molar-refractivity contribution in [1.82, 2.24) is 4.98 Å². The number of aromatic nitrogens is 1. The zero-order valence-electron chi connectivity index (χ0n) is 7.29. The summed E-state index contributed by atoms with van der Waals surface area (Å²) in [4.78, 5) is 6.60. The number of hydrogen-bond acceptors (Lipinski definition) is 3. The van der Waals surface area contributed by atoms with Crippen molar-refractivity contribution < 1.29 is 0 Å². The van der Waals surface area contributed by atoms with Gasteiger partial charge in [-0.2, -0.15) is 0 Å². The van der Waals surface area contributed by atoms with Gasteiger partial charge in [0.1, 0.15) is 0 Å². The highest BCUT2D eigenvalue weighted by molar-refractivity contribution is 7.13. The fourth-order valence-corrected chi connectivity index (χ4v) is 1.71. The fraction of sp³-hybridized carbons (Fsp3) is 0.625. The van der Waals surface area contributed by atoms with Crippen LogP contribution in [-0.2, 0) is 6.42 Å². The number of rotatable bonds is 3. The molecule has 0 aliphatic heterocycles. The molecule has 0 radical (unpaired) electrons. The molecule has 2 nitrogen and oxygen atoms in total. The first-order chi connectivity index (χ1) is 5.27. The molecule has 1 aromatic heterocycles. The summed E-state index contributed by atoms with van der Waals surface area (Å²) in [5, 5.41) is 3.26. The molecule has 0 amide bonds. The second-order valence-corrected chi connectivity index (χ2v) is 3.33. The first-order valence-electron chi connectivity index (χ1n) is 3.93. The summed E-state index contributed by atoms with van der Waals surface area (Å²) in [5.41, 5.74) is 1.20. The Morgan fingerprint density at radius 1 is 1.55 bits per heavy atom. The summed E-state index contributed by atoms with van der Waals surface area (Å²) in [6, 6.07) is 0. The molecule has 0 bridgehead atoms. The molecular formula is C8H14N2S. The zero-order valence-corrected chi connectivity index (χ0v) is 8.11. The van der Waals surface area contributed by atoms with Gasteiger partial charge in [0.05, 0.1) is 5.69 Å². The third-order valence-electron chi connectivity index (χ3n) is 1.70. The van der Waals surface area contributed by atoms with Crippen LogP contribution in [0.3, 0.4) is 0 Å². The SMILES string of the molecule is CCc1csc(N(C)CC)n1. The third-order valence-corrected chi connectivity index (χ3v) is 2.71. The third kappa shape index (κ3) is 1.93. The molecule has 62 valence electrons. The quantitative estimate of drug-likeness (QED) is 0.691. The lowest BCUT2D eigenvalue weighted by Crippen LogP contribution is -2.15. The summed E-state index contributed by atoms with van der Waals surface area (Å²) in [6.45, 7) is 5.29. The van der Waals surface area contributed by atoms with E-state index >= 15 is 0 Å². The van der Waals surface area contributed by atoms with Crippen LogP contribution >= 0.6 is 11.3 Å². The summed E-state index contributed by atoms with van der Waals surface area (Å²) in [6.07, 6.45) is 1.04. The molecule has 1 aromatic rings. The van der Waals surface area contributed by atoms with Crippen LogP contribution in [-0.4, -0.2) is 18.6 Å². The molecule has 0 aromatic carbocycles. The molecule has 0 aliphatic carbocycles. The van der Waals surface area contributed by atoms with Crippen molar-refractivity contribution in [2.45, 2.75) is 20.3 Å². The van der Waals surface area contributed by atoms with E-state index in [4.69, 9.17) is 0 Å². The Labute approximate surface area is 71.9 Å². The van der Waals surface area contributed by atoms with E-state index < -0.39 is 0 Å². The predicted molar refractivity (Wildman–Crippen MR) is 50.4 cm³/mol. The van der Waals surface area contributed by atoms with Crippen molar-refractivity contribution >= 4 is 16.5 Å². The molecule has 1 heterocycles. The van der Waals surface area contributed by atoms with E-state index in [1.54, 1.807) is 11.3 Å². The van der Waals surface area contributed by atoms with E-state index in [9.17, 15) is 0 Å². The number of anilines is 1. The topological polar surface area (TPSA) is 16.1 Å². The van der Waals surface area contributed by atoms with Crippen LogP contribution in [0.25, 0.3) is 0 Å². The van der Waals surface area contributed by atoms with E-state index in [1.807, 2.05) is 0 Å². The summed E-state index contributed by atoms with van der Waals surface area (Å²) in [5.74, 6) is 0. The molecule has 0 N–H and O–H groups in total. The minimum Gasteiger partial charge on any atom is -0.351 e. The molecule has 0 unspecified atom stereocenters. The predicted octanol–water partition coefficient (Wildman–Crippen LogP) is 2.16. The van der Waals surface area contributed by atoms with E-state index in [-0.39, 0.29) is 0 Å². The van der Waals surface area contributed by atoms with Gasteiger partial charge in [-0.25, -0.2) is 4.98 Å². The van der Waals surface area contributed by atoms with Gasteiger partial charge in [-0.3, -0.25) is 0 Å². The second kappa shape index (κ2) is 3.72. The van der Waals surface area contributed by atoms with Crippen LogP contribution in [0, 0.1) is 0 Å². The van der Waals surface area contributed by atoms with Crippen LogP contribution in [0.1, 0.15) is 19.5 Å². The van der Waals surface area contributed by atoms with Crippen molar-refractivity contribution in [2.24, 2.45) is 0 Å². The Morgan fingerprint density at radius 2 is 2.27 bits per heavy atom. The molecule has 0 saturated heterocycles. The Balaban J connectivity index is 2.71. The molecule has 0 saturated carbocycles. The van der Waals surface area contributed by atoms with Crippen LogP contribution < -0.4 is 4.90 Å². The fourth-order valence-electron chi connectivity index (χ4n) is 0.769. The normalized spacial score (nSPS) is 10.1. The van der Waals surface area contributed by atoms with E-state index in [1.165, 1.54) is 5.69 Å². The molecule has 0 atom stereocenters. The van der Waals surface area contributed by atoms with Gasteiger partial charge < -0.3 is 4.90 Å². The highest BCUT2D eigenvalue weighted by atomic mass is 32.1. The maximum Gasteiger partial charge on any atom is 0.185 e. The molecule has 1 rings (SSSR count). The van der Waals surface area contributed by atoms with E-state index in [0.29, 0.717) is 0 Å². The lowest BCUT2D eigenvalue weighted by atomic mass is 10.4. The Bertz CT molecular complexity index is 220. The van der Waals surface area contributed by atoms with Gasteiger partial charge >= 0.3 is 0 Å². The van der Waals surface area contributed by atoms with E-state index in [0.717, 1.165) is 18.1 Å². The number of nitrogens with zero attached hydrogens (tertiary/aromatic N) is 2. The molecule has 11 heavy (non-hydrogen) atoms. The monoisotopic (exact) mass is 170 g/mol. The standard InChI is InChI=1S/C8H14N2S/c1-4-7-6-11-8(9-7)10(3)5-2/h6H,4-5H2,1-3H3. The van der Waals surface area contributed by atoms with Crippen molar-refractivity contribution in [1.29, 1.82) is 0 Å². The van der Waals surface area contributed by atoms with Crippen LogP contribution in [0.15, 0.2) is 5.38 Å². The van der Waals surface area contributed by atoms with Gasteiger partial charge in [0, 0.05) is 19.0 Å². The largest absolute Gasteiger partial charge is 0.351 e. The van der Waals surface area contributed by atoms with Crippen LogP contribution in [0.2, 0.25) is 0 Å². The minimum atomic E-state index is 1.02. The number of aryl methyl sites for hydroxylation is 1. The lowest BCUT2D eigenvalue weighted by Gasteiger charge is -2.11. The van der Waals surface area contributed by atoms with Crippen molar-refractivity contribution in [3.8, 4) is 0 Å². The first-order valence-corrected chi connectivity index (χ1v) is 4.81. The van der Waals surface area contributed by atoms with Crippen molar-refractivity contribution in [3.63, 3.8) is 0 Å². The maximum atomic E-state index is 4.44. The minimum absolute atomic E-state index is 1.02. The molecular weight excluding hydrogens is 156 g/mol. The van der Waals surface area contributed by atoms with Gasteiger partial charge in [0.2, 0.25) is 0 Å². The maximum absolute atomic E-state index is 4.44. The van der Waals surface area contributed by atoms with Crippen molar-refractivity contribution in [2.75, 3.05) is 18.5 Å². The van der Waals surface area contributed by atoms with Crippen LogP contribution in [0.4, 0.5) is 5.13 Å². The summed E-state index contributed by atoms with van der Waals surface area (Å²) in [7, 11) is 2.07. The molecule has 0 aliphatic rings. The summed E-state index contributed by atoms with van der Waals surface area (Å²) >= 11 is 1.72. The second-order valence-electron chi connectivity index (χ2n) is 2.49. The summed E-state index contributed by atoms with van der Waals surface area (Å²) < 4.78 is 0. The van der Waals surface area contributed by atoms with Crippen molar-refractivity contribution in [3.05, 3.63) is 11.1 Å². The average molecular weight is 170 g/mol. The highest BCUT2D eigenvalue weighted by Crippen LogP contribution is 2.18. The van der Waals surface area contributed by atoms with Gasteiger partial charge in [0.25, 0.3) is 0 Å². The molecule has 0 fully saturated rings. The highest BCUT2D eigenvalue weighted by Gasteiger charge is 2.02. The number of hydrogen-bond donors (Lipinski definition) is 0. The lowest BCUT2D eigenvalue weighted by molar-refractivity contribution is 0.941. The molecule has 0 spiro atoms. The smallest absolute Gasteiger partial charge is 0.185 e. The Hall–Kier alpha value is -0.570. The van der Waals surface area contributed by atoms with Gasteiger partial charge in [0.15, 0.2) is 5.13 Å². The van der Waals surface area contributed by atoms with Gasteiger partial charge in [-0.1, -0.05) is 6.92 Å². The zero-order chi connectivity index (χ0) is 8.27. The number of thiazole rings is 1. The Kier molecular flexibility index (Phi) is 2.88. The van der Waals surface area contributed by atoms with E-state index in [2.05, 4.69) is 36.2 Å². The Morgan fingerprint density at radius 3 is 2.73 bits per heavy atom. The van der Waals surface area contributed by atoms with Gasteiger partial charge in [-0.05, 0) is 13.3 Å². The molecule has 3 heteroatoms. The van der Waals surface area contributed by atoms with Crippen LogP contribution in [0.5, 0.6) is 0 Å². The van der Waals surface area contributed by atoms with Gasteiger partial charge in [-0.15, -0.1) is 11.3 Å². The average Bonchev–Trinajstić information content (AvgIpc) is 2.50. The first kappa shape index (κ1) is 8.53.